The van der Waals surface area contributed by atoms with E-state index in [2.05, 4.69) is 9.36 Å². The van der Waals surface area contributed by atoms with E-state index in [1.807, 2.05) is 31.2 Å². The van der Waals surface area contributed by atoms with Crippen LogP contribution in [-0.2, 0) is 14.5 Å². The summed E-state index contributed by atoms with van der Waals surface area (Å²) >= 11 is 6.39. The Kier molecular flexibility index (Phi) is 5.49. The van der Waals surface area contributed by atoms with Crippen molar-refractivity contribution in [2.24, 2.45) is 15.3 Å². The van der Waals surface area contributed by atoms with Gasteiger partial charge in [-0.05, 0) is 42.3 Å². The van der Waals surface area contributed by atoms with E-state index in [0.717, 1.165) is 16.7 Å². The molecule has 0 saturated heterocycles. The molecule has 0 spiro atoms. The largest absolute Gasteiger partial charge is 0.455 e. The van der Waals surface area contributed by atoms with Crippen LogP contribution in [0.2, 0.25) is 5.02 Å². The van der Waals surface area contributed by atoms with Crippen LogP contribution >= 0.6 is 11.6 Å². The zero-order valence-corrected chi connectivity index (χ0v) is 19.2. The van der Waals surface area contributed by atoms with E-state index < -0.39 is 9.73 Å². The third-order valence-corrected chi connectivity index (χ3v) is 5.92. The summed E-state index contributed by atoms with van der Waals surface area (Å²) in [4.78, 5) is 18.3. The third-order valence-electron chi connectivity index (χ3n) is 4.97. The first-order valence-corrected chi connectivity index (χ1v) is 12.3. The van der Waals surface area contributed by atoms with Crippen LogP contribution in [0.3, 0.4) is 0 Å². The van der Waals surface area contributed by atoms with E-state index in [0.29, 0.717) is 27.9 Å². The zero-order valence-electron chi connectivity index (χ0n) is 17.6. The van der Waals surface area contributed by atoms with Gasteiger partial charge in [0.2, 0.25) is 0 Å². The number of hydrogen-bond donors (Lipinski definition) is 0. The number of para-hydroxylation sites is 1. The Labute approximate surface area is 187 Å². The molecule has 0 N–H and O–H groups in total. The minimum atomic E-state index is -2.36. The lowest BCUT2D eigenvalue weighted by atomic mass is 9.86. The van der Waals surface area contributed by atoms with Crippen LogP contribution in [0.15, 0.2) is 64.2 Å². The minimum absolute atomic E-state index is 0.144. The Hall–Kier alpha value is -2.90. The zero-order chi connectivity index (χ0) is 22.3. The van der Waals surface area contributed by atoms with E-state index in [1.54, 1.807) is 50.2 Å². The molecule has 8 heteroatoms. The van der Waals surface area contributed by atoms with Crippen LogP contribution in [-0.4, -0.2) is 40.3 Å². The molecule has 2 aromatic rings. The number of fused-ring (bicyclic) bond motifs is 1. The Bertz CT molecular complexity index is 1270. The second-order valence-corrected chi connectivity index (χ2v) is 10.7. The number of aryl methyl sites for hydroxylation is 1. The molecule has 0 aromatic heterocycles. The SMILES string of the molecule is Cc1cccc(Cl)c1Oc1ccc(N=S(C)(C)=O)cc1C1=CN(C)C(=O)C2=NC=CC12. The van der Waals surface area contributed by atoms with Crippen molar-refractivity contribution in [3.8, 4) is 11.5 Å². The van der Waals surface area contributed by atoms with Gasteiger partial charge in [0.15, 0.2) is 0 Å². The molecule has 1 amide bonds. The van der Waals surface area contributed by atoms with Gasteiger partial charge >= 0.3 is 0 Å². The molecule has 2 aromatic carbocycles. The number of nitrogens with zero attached hydrogens (tertiary/aromatic N) is 3. The number of allylic oxidation sites excluding steroid dienone is 2. The maximum absolute atomic E-state index is 12.5. The number of carbonyl (C=O) groups is 1. The van der Waals surface area contributed by atoms with Crippen molar-refractivity contribution in [3.05, 3.63) is 71.0 Å². The van der Waals surface area contributed by atoms with Gasteiger partial charge in [-0.3, -0.25) is 9.79 Å². The van der Waals surface area contributed by atoms with E-state index in [9.17, 15) is 9.00 Å². The molecule has 0 radical (unpaired) electrons. The maximum Gasteiger partial charge on any atom is 0.272 e. The summed E-state index contributed by atoms with van der Waals surface area (Å²) in [6.07, 6.45) is 8.47. The third kappa shape index (κ3) is 4.29. The van der Waals surface area contributed by atoms with E-state index in [1.165, 1.54) is 4.90 Å². The van der Waals surface area contributed by atoms with Gasteiger partial charge < -0.3 is 9.64 Å². The molecular formula is C23H22ClN3O3S. The van der Waals surface area contributed by atoms with Gasteiger partial charge in [0.1, 0.15) is 17.2 Å². The Morgan fingerprint density at radius 2 is 2.00 bits per heavy atom. The highest BCUT2D eigenvalue weighted by Gasteiger charge is 2.35. The van der Waals surface area contributed by atoms with Gasteiger partial charge in [-0.25, -0.2) is 4.21 Å². The molecule has 0 aliphatic carbocycles. The number of rotatable bonds is 4. The normalized spacial score (nSPS) is 17.9. The second-order valence-electron chi connectivity index (χ2n) is 7.77. The number of aliphatic imine (C=N–C) groups is 1. The average Bonchev–Trinajstić information content (AvgIpc) is 3.17. The van der Waals surface area contributed by atoms with Gasteiger partial charge in [0.25, 0.3) is 5.91 Å². The van der Waals surface area contributed by atoms with Gasteiger partial charge in [0, 0.05) is 47.3 Å². The van der Waals surface area contributed by atoms with Gasteiger partial charge in [-0.2, -0.15) is 4.36 Å². The first kappa shape index (κ1) is 21.3. The number of ether oxygens (including phenoxy) is 1. The lowest BCUT2D eigenvalue weighted by Gasteiger charge is -2.27. The first-order chi connectivity index (χ1) is 14.6. The highest BCUT2D eigenvalue weighted by Crippen LogP contribution is 2.42. The maximum atomic E-state index is 12.5. The average molecular weight is 456 g/mol. The molecule has 160 valence electrons. The number of benzene rings is 2. The van der Waals surface area contributed by atoms with Crippen molar-refractivity contribution in [1.82, 2.24) is 4.90 Å². The molecule has 2 aliphatic heterocycles. The van der Waals surface area contributed by atoms with E-state index in [-0.39, 0.29) is 11.8 Å². The molecule has 31 heavy (non-hydrogen) atoms. The highest BCUT2D eigenvalue weighted by atomic mass is 35.5. The monoisotopic (exact) mass is 455 g/mol. The summed E-state index contributed by atoms with van der Waals surface area (Å²) in [7, 11) is -0.664. The van der Waals surface area contributed by atoms with Gasteiger partial charge in [-0.15, -0.1) is 0 Å². The fourth-order valence-corrected chi connectivity index (χ4v) is 4.47. The van der Waals surface area contributed by atoms with Crippen LogP contribution in [0.25, 0.3) is 5.57 Å². The predicted molar refractivity (Wildman–Crippen MR) is 126 cm³/mol. The van der Waals surface area contributed by atoms with Crippen LogP contribution in [0, 0.1) is 12.8 Å². The summed E-state index contributed by atoms with van der Waals surface area (Å²) in [6.45, 7) is 1.92. The molecule has 2 heterocycles. The first-order valence-electron chi connectivity index (χ1n) is 9.62. The Balaban J connectivity index is 1.90. The van der Waals surface area contributed by atoms with Crippen LogP contribution in [0.4, 0.5) is 5.69 Å². The quantitative estimate of drug-likeness (QED) is 0.636. The predicted octanol–water partition coefficient (Wildman–Crippen LogP) is 5.20. The Morgan fingerprint density at radius 1 is 1.23 bits per heavy atom. The highest BCUT2D eigenvalue weighted by molar-refractivity contribution is 7.92. The lowest BCUT2D eigenvalue weighted by Crippen LogP contribution is -2.37. The van der Waals surface area contributed by atoms with Gasteiger partial charge in [-0.1, -0.05) is 29.8 Å². The van der Waals surface area contributed by atoms with Crippen molar-refractivity contribution in [1.29, 1.82) is 0 Å². The summed E-state index contributed by atoms with van der Waals surface area (Å²) in [6, 6.07) is 10.9. The van der Waals surface area contributed by atoms with Crippen molar-refractivity contribution >= 4 is 44.2 Å². The van der Waals surface area contributed by atoms with Crippen molar-refractivity contribution in [2.75, 3.05) is 19.6 Å². The summed E-state index contributed by atoms with van der Waals surface area (Å²) in [5.74, 6) is 0.680. The molecule has 0 saturated carbocycles. The van der Waals surface area contributed by atoms with Gasteiger partial charge in [0.05, 0.1) is 16.6 Å². The Morgan fingerprint density at radius 3 is 2.71 bits per heavy atom. The summed E-state index contributed by atoms with van der Waals surface area (Å²) in [5, 5.41) is 0.498. The topological polar surface area (TPSA) is 71.3 Å². The standard InChI is InChI=1S/C23H22ClN3O3S/c1-14-6-5-7-19(24)22(14)30-20-9-8-15(26-31(3,4)29)12-17(20)18-13-27(2)23(28)21-16(18)10-11-25-21/h5-13,16H,1-4H3. The van der Waals surface area contributed by atoms with Crippen molar-refractivity contribution < 1.29 is 13.7 Å². The van der Waals surface area contributed by atoms with Crippen molar-refractivity contribution in [2.45, 2.75) is 6.92 Å². The number of halogens is 1. The molecule has 0 bridgehead atoms. The molecular weight excluding hydrogens is 434 g/mol. The smallest absolute Gasteiger partial charge is 0.272 e. The number of amides is 1. The van der Waals surface area contributed by atoms with Crippen LogP contribution in [0.1, 0.15) is 11.1 Å². The fourth-order valence-electron chi connectivity index (χ4n) is 3.58. The lowest BCUT2D eigenvalue weighted by molar-refractivity contribution is -0.121. The molecule has 4 rings (SSSR count). The van der Waals surface area contributed by atoms with Crippen LogP contribution in [0.5, 0.6) is 11.5 Å². The molecule has 1 unspecified atom stereocenters. The van der Waals surface area contributed by atoms with Crippen molar-refractivity contribution in [3.63, 3.8) is 0 Å². The second kappa shape index (κ2) is 7.98. The fraction of sp³-hybridized carbons (Fsp3) is 0.217. The number of carbonyl (C=O) groups excluding carboxylic acids is 1. The minimum Gasteiger partial charge on any atom is -0.455 e. The van der Waals surface area contributed by atoms with E-state index in [4.69, 9.17) is 16.3 Å². The molecule has 1 atom stereocenters. The van der Waals surface area contributed by atoms with Crippen LogP contribution < -0.4 is 4.74 Å². The summed E-state index contributed by atoms with van der Waals surface area (Å²) < 4.78 is 22.9. The molecule has 2 aliphatic rings. The molecule has 0 fully saturated rings. The molecule has 6 nitrogen and oxygen atoms in total. The van der Waals surface area contributed by atoms with E-state index >= 15 is 0 Å². The summed E-state index contributed by atoms with van der Waals surface area (Å²) in [5.41, 5.74) is 3.48. The number of hydrogen-bond acceptors (Lipinski definition) is 5.